The van der Waals surface area contributed by atoms with Gasteiger partial charge in [-0.3, -0.25) is 4.79 Å². The van der Waals surface area contributed by atoms with Crippen molar-refractivity contribution in [2.75, 3.05) is 0 Å². The summed E-state index contributed by atoms with van der Waals surface area (Å²) in [6.07, 6.45) is 3.19. The summed E-state index contributed by atoms with van der Waals surface area (Å²) in [6, 6.07) is 12.1. The van der Waals surface area contributed by atoms with Crippen LogP contribution in [0.25, 0.3) is 11.0 Å². The highest BCUT2D eigenvalue weighted by Gasteiger charge is 2.20. The first-order valence-corrected chi connectivity index (χ1v) is 9.21. The molecule has 0 bridgehead atoms. The van der Waals surface area contributed by atoms with Crippen LogP contribution >= 0.6 is 0 Å². The van der Waals surface area contributed by atoms with Gasteiger partial charge in [-0.15, -0.1) is 0 Å². The number of carbonyl (C=O) groups excluding carboxylic acids is 1. The highest BCUT2D eigenvalue weighted by Crippen LogP contribution is 2.30. The van der Waals surface area contributed by atoms with Gasteiger partial charge in [0.15, 0.2) is 5.76 Å². The molecular weight excluding hydrogens is 352 g/mol. The molecule has 6 heteroatoms. The largest absolute Gasteiger partial charge is 0.450 e. The van der Waals surface area contributed by atoms with Gasteiger partial charge in [-0.2, -0.15) is 5.10 Å². The van der Waals surface area contributed by atoms with Gasteiger partial charge < -0.3 is 9.73 Å². The molecule has 2 aromatic heterocycles. The molecule has 0 spiro atoms. The van der Waals surface area contributed by atoms with Gasteiger partial charge in [0.05, 0.1) is 6.54 Å². The average molecular weight is 374 g/mol. The van der Waals surface area contributed by atoms with Crippen LogP contribution in [0.2, 0.25) is 0 Å². The fourth-order valence-corrected chi connectivity index (χ4v) is 3.52. The number of nitrogens with one attached hydrogen (secondary N) is 1. The summed E-state index contributed by atoms with van der Waals surface area (Å²) < 4.78 is 7.70. The number of amides is 1. The minimum absolute atomic E-state index is 0.206. The normalized spacial score (nSPS) is 11.1. The third kappa shape index (κ3) is 3.29. The van der Waals surface area contributed by atoms with Crippen molar-refractivity contribution in [3.8, 4) is 0 Å². The van der Waals surface area contributed by atoms with E-state index in [-0.39, 0.29) is 5.91 Å². The standard InChI is InChI=1S/C22H22N4O2/c1-14-8-9-15(2)20-19(14)16(3)21(28-20)22(27)24-10-17-6-4-5-7-18(17)11-26-13-23-12-25-26/h4-9,12-13H,10-11H2,1-3H3,(H,24,27). The smallest absolute Gasteiger partial charge is 0.287 e. The fourth-order valence-electron chi connectivity index (χ4n) is 3.52. The molecule has 2 heterocycles. The van der Waals surface area contributed by atoms with Gasteiger partial charge >= 0.3 is 0 Å². The minimum atomic E-state index is -0.206. The lowest BCUT2D eigenvalue weighted by molar-refractivity contribution is 0.0924. The molecule has 2 aromatic carbocycles. The Morgan fingerprint density at radius 2 is 1.82 bits per heavy atom. The lowest BCUT2D eigenvalue weighted by Crippen LogP contribution is -2.23. The fraction of sp³-hybridized carbons (Fsp3) is 0.227. The zero-order valence-electron chi connectivity index (χ0n) is 16.2. The van der Waals surface area contributed by atoms with E-state index < -0.39 is 0 Å². The van der Waals surface area contributed by atoms with Gasteiger partial charge in [0, 0.05) is 17.5 Å². The maximum absolute atomic E-state index is 12.8. The lowest BCUT2D eigenvalue weighted by atomic mass is 10.0. The van der Waals surface area contributed by atoms with Crippen molar-refractivity contribution in [3.63, 3.8) is 0 Å². The van der Waals surface area contributed by atoms with Crippen LogP contribution in [0.5, 0.6) is 0 Å². The second kappa shape index (κ2) is 7.31. The molecule has 0 radical (unpaired) electrons. The average Bonchev–Trinajstić information content (AvgIpc) is 3.32. The van der Waals surface area contributed by atoms with E-state index >= 15 is 0 Å². The maximum Gasteiger partial charge on any atom is 0.287 e. The summed E-state index contributed by atoms with van der Waals surface area (Å²) in [7, 11) is 0. The molecule has 0 unspecified atom stereocenters. The van der Waals surface area contributed by atoms with Crippen LogP contribution in [0.3, 0.4) is 0 Å². The number of benzene rings is 2. The molecule has 28 heavy (non-hydrogen) atoms. The Morgan fingerprint density at radius 1 is 1.07 bits per heavy atom. The van der Waals surface area contributed by atoms with Gasteiger partial charge in [0.1, 0.15) is 18.2 Å². The van der Waals surface area contributed by atoms with Crippen LogP contribution in [-0.2, 0) is 13.1 Å². The Kier molecular flexibility index (Phi) is 4.69. The number of carbonyl (C=O) groups is 1. The summed E-state index contributed by atoms with van der Waals surface area (Å²) >= 11 is 0. The highest BCUT2D eigenvalue weighted by atomic mass is 16.3. The molecular formula is C22H22N4O2. The van der Waals surface area contributed by atoms with E-state index in [4.69, 9.17) is 4.42 Å². The van der Waals surface area contributed by atoms with E-state index in [1.165, 1.54) is 6.33 Å². The van der Waals surface area contributed by atoms with Crippen molar-refractivity contribution in [1.82, 2.24) is 20.1 Å². The second-order valence-corrected chi connectivity index (χ2v) is 7.00. The number of hydrogen-bond donors (Lipinski definition) is 1. The quantitative estimate of drug-likeness (QED) is 0.574. The number of aromatic nitrogens is 3. The second-order valence-electron chi connectivity index (χ2n) is 7.00. The van der Waals surface area contributed by atoms with Crippen molar-refractivity contribution in [3.05, 3.63) is 82.6 Å². The van der Waals surface area contributed by atoms with Gasteiger partial charge in [-0.1, -0.05) is 36.4 Å². The number of fused-ring (bicyclic) bond motifs is 1. The Morgan fingerprint density at radius 3 is 2.54 bits per heavy atom. The molecule has 142 valence electrons. The maximum atomic E-state index is 12.8. The zero-order valence-corrected chi connectivity index (χ0v) is 16.2. The van der Waals surface area contributed by atoms with Crippen molar-refractivity contribution in [1.29, 1.82) is 0 Å². The summed E-state index contributed by atoms with van der Waals surface area (Å²) in [6.45, 7) is 6.98. The first-order valence-electron chi connectivity index (χ1n) is 9.21. The lowest BCUT2D eigenvalue weighted by Gasteiger charge is -2.10. The van der Waals surface area contributed by atoms with Crippen LogP contribution < -0.4 is 5.32 Å². The SMILES string of the molecule is Cc1ccc(C)c2c(C)c(C(=O)NCc3ccccc3Cn3cncn3)oc12. The molecule has 1 amide bonds. The van der Waals surface area contributed by atoms with Gasteiger partial charge in [-0.25, -0.2) is 9.67 Å². The molecule has 1 N–H and O–H groups in total. The van der Waals surface area contributed by atoms with Crippen LogP contribution in [0.15, 0.2) is 53.5 Å². The molecule has 0 aliphatic heterocycles. The molecule has 4 rings (SSSR count). The minimum Gasteiger partial charge on any atom is -0.450 e. The first-order chi connectivity index (χ1) is 13.5. The molecule has 0 aliphatic carbocycles. The van der Waals surface area contributed by atoms with Crippen LogP contribution in [0, 0.1) is 20.8 Å². The predicted octanol–water partition coefficient (Wildman–Crippen LogP) is 3.93. The Balaban J connectivity index is 1.56. The summed E-state index contributed by atoms with van der Waals surface area (Å²) in [4.78, 5) is 16.8. The highest BCUT2D eigenvalue weighted by molar-refractivity contribution is 6.00. The predicted molar refractivity (Wildman–Crippen MR) is 107 cm³/mol. The van der Waals surface area contributed by atoms with Crippen molar-refractivity contribution in [2.24, 2.45) is 0 Å². The molecule has 0 saturated carbocycles. The molecule has 0 saturated heterocycles. The molecule has 0 fully saturated rings. The van der Waals surface area contributed by atoms with E-state index in [2.05, 4.69) is 21.5 Å². The van der Waals surface area contributed by atoms with Crippen LogP contribution in [-0.4, -0.2) is 20.7 Å². The Bertz CT molecular complexity index is 1140. The number of furan rings is 1. The number of hydrogen-bond acceptors (Lipinski definition) is 4. The van der Waals surface area contributed by atoms with E-state index in [9.17, 15) is 4.79 Å². The third-order valence-corrected chi connectivity index (χ3v) is 5.05. The van der Waals surface area contributed by atoms with Gasteiger partial charge in [0.2, 0.25) is 0 Å². The van der Waals surface area contributed by atoms with Gasteiger partial charge in [-0.05, 0) is 43.0 Å². The van der Waals surface area contributed by atoms with Crippen molar-refractivity contribution in [2.45, 2.75) is 33.9 Å². The van der Waals surface area contributed by atoms with E-state index in [0.717, 1.165) is 38.8 Å². The van der Waals surface area contributed by atoms with Crippen LogP contribution in [0.4, 0.5) is 0 Å². The summed E-state index contributed by atoms with van der Waals surface area (Å²) in [5, 5.41) is 8.17. The van der Waals surface area contributed by atoms with Crippen molar-refractivity contribution >= 4 is 16.9 Å². The Labute approximate surface area is 163 Å². The van der Waals surface area contributed by atoms with E-state index in [1.807, 2.05) is 51.1 Å². The first kappa shape index (κ1) is 18.0. The monoisotopic (exact) mass is 374 g/mol. The molecule has 0 aliphatic rings. The van der Waals surface area contributed by atoms with E-state index in [0.29, 0.717) is 18.8 Å². The van der Waals surface area contributed by atoms with E-state index in [1.54, 1.807) is 11.0 Å². The third-order valence-electron chi connectivity index (χ3n) is 5.05. The van der Waals surface area contributed by atoms with Crippen LogP contribution in [0.1, 0.15) is 38.4 Å². The Hall–Kier alpha value is -3.41. The molecule has 4 aromatic rings. The summed E-state index contributed by atoms with van der Waals surface area (Å²) in [5.41, 5.74) is 5.92. The topological polar surface area (TPSA) is 73.0 Å². The zero-order chi connectivity index (χ0) is 19.7. The summed E-state index contributed by atoms with van der Waals surface area (Å²) in [5.74, 6) is 0.171. The number of aryl methyl sites for hydroxylation is 3. The number of nitrogens with zero attached hydrogens (tertiary/aromatic N) is 3. The molecule has 6 nitrogen and oxygen atoms in total. The van der Waals surface area contributed by atoms with Crippen molar-refractivity contribution < 1.29 is 9.21 Å². The molecule has 0 atom stereocenters. The van der Waals surface area contributed by atoms with Gasteiger partial charge in [0.25, 0.3) is 5.91 Å². The number of rotatable bonds is 5.